The van der Waals surface area contributed by atoms with Gasteiger partial charge in [0.2, 0.25) is 0 Å². The number of hydrogen-bond acceptors (Lipinski definition) is 5. The topological polar surface area (TPSA) is 82.3 Å². The van der Waals surface area contributed by atoms with E-state index in [4.69, 9.17) is 0 Å². The fourth-order valence-corrected chi connectivity index (χ4v) is 4.80. The molecule has 2 N–H and O–H groups in total. The zero-order valence-electron chi connectivity index (χ0n) is 16.0. The summed E-state index contributed by atoms with van der Waals surface area (Å²) in [6, 6.07) is 11.5. The highest BCUT2D eigenvalue weighted by Gasteiger charge is 2.24. The lowest BCUT2D eigenvalue weighted by Crippen LogP contribution is -2.26. The maximum atomic E-state index is 13.7. The van der Waals surface area contributed by atoms with Crippen molar-refractivity contribution in [2.75, 3.05) is 24.7 Å². The van der Waals surface area contributed by atoms with E-state index in [1.807, 2.05) is 18.2 Å². The van der Waals surface area contributed by atoms with Crippen molar-refractivity contribution in [1.29, 1.82) is 0 Å². The molecule has 0 bridgehead atoms. The number of benzene rings is 2. The molecule has 8 heteroatoms. The number of rotatable bonds is 5. The van der Waals surface area contributed by atoms with Crippen molar-refractivity contribution in [3.8, 4) is 0 Å². The van der Waals surface area contributed by atoms with Crippen molar-refractivity contribution in [3.63, 3.8) is 0 Å². The number of halogens is 1. The van der Waals surface area contributed by atoms with E-state index in [0.717, 1.165) is 30.3 Å². The minimum atomic E-state index is -3.42. The van der Waals surface area contributed by atoms with Crippen LogP contribution in [0.5, 0.6) is 0 Å². The maximum Gasteiger partial charge on any atom is 0.255 e. The summed E-state index contributed by atoms with van der Waals surface area (Å²) in [5.41, 5.74) is 1.30. The summed E-state index contributed by atoms with van der Waals surface area (Å²) in [5, 5.41) is 4.99. The van der Waals surface area contributed by atoms with Crippen LogP contribution in [0.15, 0.2) is 58.4 Å². The lowest BCUT2D eigenvalue weighted by molar-refractivity contribution is 0.325. The minimum absolute atomic E-state index is 0.113. The second-order valence-corrected chi connectivity index (χ2v) is 9.48. The minimum Gasteiger partial charge on any atom is -0.381 e. The van der Waals surface area contributed by atoms with Gasteiger partial charge in [-0.3, -0.25) is 9.69 Å². The zero-order valence-corrected chi connectivity index (χ0v) is 16.8. The molecule has 0 radical (unpaired) electrons. The van der Waals surface area contributed by atoms with Crippen LogP contribution >= 0.6 is 0 Å². The average Bonchev–Trinajstić information content (AvgIpc) is 3.07. The molecule has 1 aliphatic rings. The number of likely N-dealkylation sites (tertiary alicyclic amines) is 1. The van der Waals surface area contributed by atoms with Crippen LogP contribution in [-0.4, -0.2) is 43.7 Å². The fourth-order valence-electron chi connectivity index (χ4n) is 3.89. The van der Waals surface area contributed by atoms with Crippen LogP contribution < -0.4 is 10.9 Å². The standard InChI is InChI=1S/C21H22FN3O3S/c1-29(27,28)20-5-2-16(22)10-15(20)12-25-9-7-18(13-25)24-17-3-4-19-14(11-17)6-8-23-21(19)26/h2-6,8,10-11,18,24H,7,9,12-13H2,1H3,(H,23,26). The Morgan fingerprint density at radius 3 is 2.83 bits per heavy atom. The number of aromatic amines is 1. The van der Waals surface area contributed by atoms with Crippen LogP contribution in [0.1, 0.15) is 12.0 Å². The van der Waals surface area contributed by atoms with Crippen LogP contribution in [0, 0.1) is 5.82 Å². The van der Waals surface area contributed by atoms with Gasteiger partial charge in [-0.15, -0.1) is 0 Å². The lowest BCUT2D eigenvalue weighted by Gasteiger charge is -2.19. The number of H-pyrrole nitrogens is 1. The van der Waals surface area contributed by atoms with Gasteiger partial charge in [0.25, 0.3) is 5.56 Å². The zero-order chi connectivity index (χ0) is 20.6. The van der Waals surface area contributed by atoms with Crippen LogP contribution in [0.3, 0.4) is 0 Å². The van der Waals surface area contributed by atoms with Crippen LogP contribution in [0.4, 0.5) is 10.1 Å². The Balaban J connectivity index is 1.47. The Morgan fingerprint density at radius 2 is 2.03 bits per heavy atom. The number of pyridine rings is 1. The highest BCUT2D eigenvalue weighted by molar-refractivity contribution is 7.90. The van der Waals surface area contributed by atoms with E-state index >= 15 is 0 Å². The SMILES string of the molecule is CS(=O)(=O)c1ccc(F)cc1CN1CCC(Nc2ccc3c(=O)[nH]ccc3c2)C1. The van der Waals surface area contributed by atoms with Crippen LogP contribution in [0.25, 0.3) is 10.8 Å². The average molecular weight is 415 g/mol. The molecule has 1 aliphatic heterocycles. The molecule has 1 unspecified atom stereocenters. The molecule has 4 rings (SSSR count). The van der Waals surface area contributed by atoms with Gasteiger partial charge in [-0.05, 0) is 59.8 Å². The molecule has 2 aromatic carbocycles. The summed E-state index contributed by atoms with van der Waals surface area (Å²) >= 11 is 0. The Bertz CT molecular complexity index is 1220. The van der Waals surface area contributed by atoms with Gasteiger partial charge in [0.1, 0.15) is 5.82 Å². The summed E-state index contributed by atoms with van der Waals surface area (Å²) in [6.45, 7) is 1.88. The van der Waals surface area contributed by atoms with E-state index in [-0.39, 0.29) is 16.5 Å². The number of aromatic nitrogens is 1. The molecule has 152 valence electrons. The summed E-state index contributed by atoms with van der Waals surface area (Å²) < 4.78 is 37.7. The normalized spacial score (nSPS) is 17.7. The van der Waals surface area contributed by atoms with E-state index in [9.17, 15) is 17.6 Å². The summed E-state index contributed by atoms with van der Waals surface area (Å²) in [4.78, 5) is 16.8. The predicted molar refractivity (Wildman–Crippen MR) is 111 cm³/mol. The number of sulfone groups is 1. The van der Waals surface area contributed by atoms with Gasteiger partial charge in [0.15, 0.2) is 9.84 Å². The van der Waals surface area contributed by atoms with Crippen molar-refractivity contribution in [1.82, 2.24) is 9.88 Å². The predicted octanol–water partition coefficient (Wildman–Crippen LogP) is 2.76. The number of nitrogens with one attached hydrogen (secondary N) is 2. The van der Waals surface area contributed by atoms with Gasteiger partial charge in [-0.1, -0.05) is 0 Å². The van der Waals surface area contributed by atoms with Crippen molar-refractivity contribution in [3.05, 3.63) is 70.4 Å². The summed E-state index contributed by atoms with van der Waals surface area (Å²) in [7, 11) is -3.42. The van der Waals surface area contributed by atoms with Crippen molar-refractivity contribution < 1.29 is 12.8 Å². The highest BCUT2D eigenvalue weighted by atomic mass is 32.2. The molecule has 1 aromatic heterocycles. The fraction of sp³-hybridized carbons (Fsp3) is 0.286. The highest BCUT2D eigenvalue weighted by Crippen LogP contribution is 2.23. The van der Waals surface area contributed by atoms with Gasteiger partial charge in [-0.2, -0.15) is 0 Å². The quantitative estimate of drug-likeness (QED) is 0.626. The third kappa shape index (κ3) is 4.33. The molecule has 29 heavy (non-hydrogen) atoms. The van der Waals surface area contributed by atoms with Gasteiger partial charge >= 0.3 is 0 Å². The summed E-state index contributed by atoms with van der Waals surface area (Å²) in [5.74, 6) is -0.438. The largest absolute Gasteiger partial charge is 0.381 e. The second kappa shape index (κ2) is 7.61. The molecule has 0 spiro atoms. The van der Waals surface area contributed by atoms with Gasteiger partial charge in [0, 0.05) is 49.2 Å². The van der Waals surface area contributed by atoms with Crippen molar-refractivity contribution in [2.24, 2.45) is 0 Å². The smallest absolute Gasteiger partial charge is 0.255 e. The molecule has 0 amide bonds. The second-order valence-electron chi connectivity index (χ2n) is 7.50. The first-order chi connectivity index (χ1) is 13.8. The molecule has 0 aliphatic carbocycles. The Kier molecular flexibility index (Phi) is 5.14. The molecule has 3 aromatic rings. The van der Waals surface area contributed by atoms with E-state index < -0.39 is 15.7 Å². The van der Waals surface area contributed by atoms with Crippen LogP contribution in [-0.2, 0) is 16.4 Å². The number of nitrogens with zero attached hydrogens (tertiary/aromatic N) is 1. The van der Waals surface area contributed by atoms with Gasteiger partial charge < -0.3 is 10.3 Å². The molecule has 0 saturated carbocycles. The Labute approximate surface area is 168 Å². The Hall–Kier alpha value is -2.71. The number of anilines is 1. The lowest BCUT2D eigenvalue weighted by atomic mass is 10.1. The van der Waals surface area contributed by atoms with E-state index in [0.29, 0.717) is 24.0 Å². The van der Waals surface area contributed by atoms with E-state index in [2.05, 4.69) is 15.2 Å². The molecule has 1 fully saturated rings. The molecule has 6 nitrogen and oxygen atoms in total. The third-order valence-corrected chi connectivity index (χ3v) is 6.43. The van der Waals surface area contributed by atoms with Crippen LogP contribution in [0.2, 0.25) is 0 Å². The summed E-state index contributed by atoms with van der Waals surface area (Å²) in [6.07, 6.45) is 3.66. The first kappa shape index (κ1) is 19.6. The molecule has 1 atom stereocenters. The van der Waals surface area contributed by atoms with E-state index in [1.54, 1.807) is 12.3 Å². The number of hydrogen-bond donors (Lipinski definition) is 2. The first-order valence-electron chi connectivity index (χ1n) is 9.38. The maximum absolute atomic E-state index is 13.7. The number of fused-ring (bicyclic) bond motifs is 1. The molecular weight excluding hydrogens is 393 g/mol. The Morgan fingerprint density at radius 1 is 1.21 bits per heavy atom. The molecular formula is C21H22FN3O3S. The molecule has 1 saturated heterocycles. The van der Waals surface area contributed by atoms with Crippen molar-refractivity contribution in [2.45, 2.75) is 23.9 Å². The van der Waals surface area contributed by atoms with Gasteiger partial charge in [-0.25, -0.2) is 12.8 Å². The molecule has 2 heterocycles. The monoisotopic (exact) mass is 415 g/mol. The van der Waals surface area contributed by atoms with Gasteiger partial charge in [0.05, 0.1) is 4.90 Å². The van der Waals surface area contributed by atoms with Crippen molar-refractivity contribution >= 4 is 26.3 Å². The first-order valence-corrected chi connectivity index (χ1v) is 11.3. The van der Waals surface area contributed by atoms with E-state index in [1.165, 1.54) is 18.2 Å². The third-order valence-electron chi connectivity index (χ3n) is 5.23.